The predicted molar refractivity (Wildman–Crippen MR) is 214 cm³/mol. The SMILES string of the molecule is CC=CC1CC1(NC(=O)C1CC(Oc2nc(N(C)CCC)nc3cc(OC)ccc23)CN1C(=O)C(N=C(N)OC(C)(C)C(F)(F)F)C(C)C)C(=O)NS(=O)(=O)C1(CF)CC1. The molecule has 2 saturated carbocycles. The van der Waals surface area contributed by atoms with Crippen LogP contribution in [0.5, 0.6) is 11.6 Å². The Morgan fingerprint density at radius 1 is 1.18 bits per heavy atom. The fourth-order valence-corrected chi connectivity index (χ4v) is 8.44. The molecule has 1 aliphatic heterocycles. The summed E-state index contributed by atoms with van der Waals surface area (Å²) in [6.07, 6.45) is -1.86. The van der Waals surface area contributed by atoms with Crippen molar-refractivity contribution in [1.82, 2.24) is 24.9 Å². The first-order valence-corrected chi connectivity index (χ1v) is 21.2. The molecule has 1 aromatic carbocycles. The van der Waals surface area contributed by atoms with Crippen molar-refractivity contribution in [2.24, 2.45) is 22.6 Å². The number of fused-ring (bicyclic) bond motifs is 1. The van der Waals surface area contributed by atoms with E-state index in [0.717, 1.165) is 25.2 Å². The Kier molecular flexibility index (Phi) is 13.2. The number of aromatic nitrogens is 2. The highest BCUT2D eigenvalue weighted by Gasteiger charge is 2.64. The van der Waals surface area contributed by atoms with Gasteiger partial charge < -0.3 is 35.1 Å². The van der Waals surface area contributed by atoms with Crippen LogP contribution in [-0.4, -0.2) is 121 Å². The molecule has 5 unspecified atom stereocenters. The molecule has 0 spiro atoms. The summed E-state index contributed by atoms with van der Waals surface area (Å²) in [6.45, 7) is 7.49. The zero-order valence-corrected chi connectivity index (χ0v) is 35.7. The number of likely N-dealkylation sites (tertiary alicyclic amines) is 1. The molecule has 5 rings (SSSR count). The minimum absolute atomic E-state index is 0.000128. The van der Waals surface area contributed by atoms with Crippen LogP contribution in [0.1, 0.15) is 73.6 Å². The largest absolute Gasteiger partial charge is 0.497 e. The van der Waals surface area contributed by atoms with Crippen molar-refractivity contribution in [3.05, 3.63) is 30.4 Å². The number of aliphatic imine (C=N–C) groups is 1. The van der Waals surface area contributed by atoms with Gasteiger partial charge in [-0.3, -0.25) is 19.1 Å². The van der Waals surface area contributed by atoms with Gasteiger partial charge in [-0.25, -0.2) is 22.8 Å². The second-order valence-electron chi connectivity index (χ2n) is 16.4. The number of carbonyl (C=O) groups is 3. The number of alkyl halides is 4. The van der Waals surface area contributed by atoms with Gasteiger partial charge >= 0.3 is 6.18 Å². The second-order valence-corrected chi connectivity index (χ2v) is 18.5. The fraction of sp³-hybridized carbons (Fsp3) is 0.641. The molecular formula is C39H54F4N8O8S. The molecule has 3 amide bonds. The topological polar surface area (TPSA) is 208 Å². The lowest BCUT2D eigenvalue weighted by atomic mass is 10.0. The minimum Gasteiger partial charge on any atom is -0.497 e. The van der Waals surface area contributed by atoms with Gasteiger partial charge in [0.2, 0.25) is 39.3 Å². The molecule has 1 saturated heterocycles. The summed E-state index contributed by atoms with van der Waals surface area (Å²) in [5.41, 5.74) is 1.81. The highest BCUT2D eigenvalue weighted by molar-refractivity contribution is 7.91. The molecular weight excluding hydrogens is 817 g/mol. The summed E-state index contributed by atoms with van der Waals surface area (Å²) in [4.78, 5) is 59.2. The number of nitrogens with one attached hydrogen (secondary N) is 2. The van der Waals surface area contributed by atoms with Crippen molar-refractivity contribution in [3.8, 4) is 11.6 Å². The van der Waals surface area contributed by atoms with Gasteiger partial charge in [0.1, 0.15) is 40.9 Å². The Morgan fingerprint density at radius 3 is 2.43 bits per heavy atom. The molecule has 60 heavy (non-hydrogen) atoms. The van der Waals surface area contributed by atoms with E-state index in [1.807, 2.05) is 16.5 Å². The molecule has 2 heterocycles. The number of amides is 3. The van der Waals surface area contributed by atoms with Gasteiger partial charge in [-0.2, -0.15) is 18.2 Å². The maximum Gasteiger partial charge on any atom is 0.427 e. The van der Waals surface area contributed by atoms with Crippen molar-refractivity contribution in [2.75, 3.05) is 38.8 Å². The van der Waals surface area contributed by atoms with Gasteiger partial charge in [0, 0.05) is 32.0 Å². The Hall–Kier alpha value is -4.95. The number of ether oxygens (including phenoxy) is 3. The van der Waals surface area contributed by atoms with Gasteiger partial charge in [-0.05, 0) is 64.5 Å². The van der Waals surface area contributed by atoms with Gasteiger partial charge in [-0.15, -0.1) is 0 Å². The van der Waals surface area contributed by atoms with Crippen LogP contribution in [0.15, 0.2) is 35.3 Å². The number of nitrogens with zero attached hydrogens (tertiary/aromatic N) is 5. The number of anilines is 1. The van der Waals surface area contributed by atoms with Gasteiger partial charge in [0.25, 0.3) is 11.9 Å². The summed E-state index contributed by atoms with van der Waals surface area (Å²) >= 11 is 0. The van der Waals surface area contributed by atoms with Gasteiger partial charge in [0.05, 0.1) is 24.6 Å². The summed E-state index contributed by atoms with van der Waals surface area (Å²) in [6, 6.07) is 1.35. The van der Waals surface area contributed by atoms with E-state index in [1.165, 1.54) is 7.11 Å². The maximum absolute atomic E-state index is 14.5. The van der Waals surface area contributed by atoms with Gasteiger partial charge in [0.15, 0.2) is 0 Å². The molecule has 0 bridgehead atoms. The number of allylic oxidation sites excluding steroid dienone is 1. The molecule has 332 valence electrons. The first kappa shape index (κ1) is 46.1. The van der Waals surface area contributed by atoms with E-state index in [-0.39, 0.29) is 38.1 Å². The Balaban J connectivity index is 1.52. The van der Waals surface area contributed by atoms with Crippen LogP contribution in [0, 0.1) is 11.8 Å². The highest BCUT2D eigenvalue weighted by Crippen LogP contribution is 2.48. The standard InChI is InChI=1S/C39H54F4N8O8S/c1-9-11-23-19-38(23,33(54)49-60(55,56)37(21-40)14-15-37)48-30(52)28-18-25(20-51(28)32(53)29(22(3)4)46-34(44)59-36(5,6)39(41,42)43)58-31-26-13-12-24(57-8)17-27(26)45-35(47-31)50(7)16-10-2/h9,11-13,17,22-23,25,28-29H,10,14-16,18-21H2,1-8H3,(H2,44,46)(H,48,52)(H,49,54). The van der Waals surface area contributed by atoms with E-state index >= 15 is 0 Å². The van der Waals surface area contributed by atoms with Crippen LogP contribution in [0.3, 0.4) is 0 Å². The molecule has 3 aliphatic rings. The zero-order valence-electron chi connectivity index (χ0n) is 34.9. The van der Waals surface area contributed by atoms with Crippen molar-refractivity contribution in [2.45, 2.75) is 114 Å². The zero-order chi connectivity index (χ0) is 44.6. The number of sulfonamides is 1. The molecule has 5 atom stereocenters. The van der Waals surface area contributed by atoms with Crippen LogP contribution in [-0.2, 0) is 29.1 Å². The van der Waals surface area contributed by atoms with E-state index in [0.29, 0.717) is 29.1 Å². The summed E-state index contributed by atoms with van der Waals surface area (Å²) < 4.78 is 98.2. The third kappa shape index (κ3) is 9.34. The quantitative estimate of drug-likeness (QED) is 0.0895. The highest BCUT2D eigenvalue weighted by atomic mass is 32.2. The smallest absolute Gasteiger partial charge is 0.427 e. The summed E-state index contributed by atoms with van der Waals surface area (Å²) in [7, 11) is -1.15. The lowest BCUT2D eigenvalue weighted by molar-refractivity contribution is -0.239. The third-order valence-corrected chi connectivity index (χ3v) is 13.2. The van der Waals surface area contributed by atoms with E-state index in [9.17, 15) is 40.4 Å². The van der Waals surface area contributed by atoms with E-state index < -0.39 is 92.5 Å². The average Bonchev–Trinajstić information content (AvgIpc) is 4.07. The number of halogens is 4. The van der Waals surface area contributed by atoms with Crippen LogP contribution >= 0.6 is 0 Å². The maximum atomic E-state index is 14.5. The number of methoxy groups -OCH3 is 1. The van der Waals surface area contributed by atoms with E-state index in [4.69, 9.17) is 19.9 Å². The second kappa shape index (κ2) is 17.2. The number of hydrogen-bond acceptors (Lipinski definition) is 12. The van der Waals surface area contributed by atoms with Crippen molar-refractivity contribution in [1.29, 1.82) is 0 Å². The predicted octanol–water partition coefficient (Wildman–Crippen LogP) is 3.93. The first-order chi connectivity index (χ1) is 28.0. The summed E-state index contributed by atoms with van der Waals surface area (Å²) in [5.74, 6) is -3.07. The number of nitrogens with two attached hydrogens (primary N) is 1. The molecule has 21 heteroatoms. The number of hydrogen-bond donors (Lipinski definition) is 3. The van der Waals surface area contributed by atoms with Crippen LogP contribution in [0.25, 0.3) is 10.9 Å². The van der Waals surface area contributed by atoms with E-state index in [1.54, 1.807) is 58.2 Å². The number of benzene rings is 1. The minimum atomic E-state index is -4.84. The normalized spacial score (nSPS) is 23.4. The van der Waals surface area contributed by atoms with Crippen molar-refractivity contribution >= 4 is 50.6 Å². The summed E-state index contributed by atoms with van der Waals surface area (Å²) in [5, 5.41) is 3.19. The molecule has 16 nitrogen and oxygen atoms in total. The van der Waals surface area contributed by atoms with Gasteiger partial charge in [-0.1, -0.05) is 32.9 Å². The lowest BCUT2D eigenvalue weighted by Crippen LogP contribution is -2.58. The van der Waals surface area contributed by atoms with Crippen LogP contribution in [0.4, 0.5) is 23.5 Å². The molecule has 2 aromatic rings. The molecule has 1 aromatic heterocycles. The Labute approximate surface area is 346 Å². The average molecular weight is 871 g/mol. The van der Waals surface area contributed by atoms with Crippen LogP contribution in [0.2, 0.25) is 0 Å². The van der Waals surface area contributed by atoms with Crippen LogP contribution < -0.4 is 30.1 Å². The molecule has 0 radical (unpaired) electrons. The van der Waals surface area contributed by atoms with E-state index in [2.05, 4.69) is 20.3 Å². The number of rotatable bonds is 17. The third-order valence-electron chi connectivity index (χ3n) is 11.1. The monoisotopic (exact) mass is 870 g/mol. The van der Waals surface area contributed by atoms with Crippen molar-refractivity contribution < 1.29 is 54.6 Å². The first-order valence-electron chi connectivity index (χ1n) is 19.7. The molecule has 2 aliphatic carbocycles. The lowest BCUT2D eigenvalue weighted by Gasteiger charge is -2.31. The Bertz CT molecular complexity index is 2130. The van der Waals surface area contributed by atoms with Crippen molar-refractivity contribution in [3.63, 3.8) is 0 Å². The number of carbonyl (C=O) groups excluding carboxylic acids is 3. The molecule has 3 fully saturated rings. The molecule has 4 N–H and O–H groups in total. The number of amidine groups is 1. The Morgan fingerprint density at radius 2 is 1.87 bits per heavy atom. The fourth-order valence-electron chi connectivity index (χ4n) is 7.02.